The molecule has 0 aromatic heterocycles. The number of carbonyl (C=O) groups excluding carboxylic acids is 2. The Bertz CT molecular complexity index is 834. The van der Waals surface area contributed by atoms with E-state index in [1.807, 2.05) is 0 Å². The molecule has 0 saturated carbocycles. The molecule has 1 heterocycles. The van der Waals surface area contributed by atoms with Gasteiger partial charge in [0.05, 0.1) is 0 Å². The summed E-state index contributed by atoms with van der Waals surface area (Å²) in [4.78, 5) is 23.8. The van der Waals surface area contributed by atoms with Crippen LogP contribution in [-0.2, 0) is 23.8 Å². The van der Waals surface area contributed by atoms with E-state index in [2.05, 4.69) is 6.58 Å². The summed E-state index contributed by atoms with van der Waals surface area (Å²) in [6, 6.07) is 3.83. The van der Waals surface area contributed by atoms with Crippen LogP contribution in [0.15, 0.2) is 36.4 Å². The van der Waals surface area contributed by atoms with Crippen LogP contribution in [-0.4, -0.2) is 86.5 Å². The van der Waals surface area contributed by atoms with Gasteiger partial charge in [-0.05, 0) is 23.8 Å². The Morgan fingerprint density at radius 2 is 1.81 bits per heavy atom. The molecule has 5 unspecified atom stereocenters. The molecule has 170 valence electrons. The fraction of sp³-hybridized carbons (Fsp3) is 0.400. The van der Waals surface area contributed by atoms with Crippen molar-refractivity contribution < 1.29 is 54.4 Å². The van der Waals surface area contributed by atoms with Crippen molar-refractivity contribution in [2.45, 2.75) is 37.1 Å². The van der Waals surface area contributed by atoms with Gasteiger partial charge in [-0.2, -0.15) is 0 Å². The maximum absolute atomic E-state index is 12.0. The number of esters is 2. The van der Waals surface area contributed by atoms with Gasteiger partial charge in [0.25, 0.3) is 0 Å². The summed E-state index contributed by atoms with van der Waals surface area (Å²) in [6.07, 6.45) is -5.97. The van der Waals surface area contributed by atoms with Crippen molar-refractivity contribution in [2.24, 2.45) is 0 Å². The van der Waals surface area contributed by atoms with Gasteiger partial charge in [0.1, 0.15) is 31.0 Å². The first-order chi connectivity index (χ1) is 14.6. The summed E-state index contributed by atoms with van der Waals surface area (Å²) in [5.41, 5.74) is 0.350. The second-order valence-electron chi connectivity index (χ2n) is 6.71. The van der Waals surface area contributed by atoms with Crippen molar-refractivity contribution in [1.29, 1.82) is 0 Å². The summed E-state index contributed by atoms with van der Waals surface area (Å²) in [6.45, 7) is 2.58. The van der Waals surface area contributed by atoms with Gasteiger partial charge in [-0.1, -0.05) is 12.6 Å². The first kappa shape index (κ1) is 24.3. The number of phenols is 2. The Labute approximate surface area is 177 Å². The number of ether oxygens (including phenoxy) is 3. The number of benzene rings is 1. The molecule has 11 nitrogen and oxygen atoms in total. The third-order valence-electron chi connectivity index (χ3n) is 4.39. The molecule has 6 N–H and O–H groups in total. The highest BCUT2D eigenvalue weighted by atomic mass is 16.7. The first-order valence-corrected chi connectivity index (χ1v) is 9.20. The van der Waals surface area contributed by atoms with Crippen molar-refractivity contribution >= 4 is 18.0 Å². The number of aliphatic hydroxyl groups excluding tert-OH is 4. The molecule has 31 heavy (non-hydrogen) atoms. The lowest BCUT2D eigenvalue weighted by Gasteiger charge is -2.39. The van der Waals surface area contributed by atoms with Crippen LogP contribution in [0, 0.1) is 0 Å². The predicted molar refractivity (Wildman–Crippen MR) is 103 cm³/mol. The molecule has 1 aliphatic heterocycles. The largest absolute Gasteiger partial charge is 0.504 e. The molecule has 2 rings (SSSR count). The third-order valence-corrected chi connectivity index (χ3v) is 4.39. The number of aromatic hydroxyl groups is 2. The molecular weight excluding hydrogens is 416 g/mol. The van der Waals surface area contributed by atoms with E-state index >= 15 is 0 Å². The van der Waals surface area contributed by atoms with Crippen LogP contribution >= 0.6 is 0 Å². The summed E-state index contributed by atoms with van der Waals surface area (Å²) >= 11 is 0. The van der Waals surface area contributed by atoms with Gasteiger partial charge in [0.2, 0.25) is 6.29 Å². The van der Waals surface area contributed by atoms with Gasteiger partial charge in [0, 0.05) is 24.7 Å². The summed E-state index contributed by atoms with van der Waals surface area (Å²) in [7, 11) is 0. The average Bonchev–Trinajstić information content (AvgIpc) is 2.74. The molecule has 1 fully saturated rings. The van der Waals surface area contributed by atoms with Crippen molar-refractivity contribution in [3.63, 3.8) is 0 Å². The minimum absolute atomic E-state index is 0.0123. The number of hydrogen-bond acceptors (Lipinski definition) is 11. The van der Waals surface area contributed by atoms with Gasteiger partial charge in [-0.3, -0.25) is 0 Å². The van der Waals surface area contributed by atoms with Gasteiger partial charge < -0.3 is 44.8 Å². The van der Waals surface area contributed by atoms with Crippen molar-refractivity contribution in [2.75, 3.05) is 13.2 Å². The Morgan fingerprint density at radius 1 is 1.10 bits per heavy atom. The normalized spacial score (nSPS) is 25.9. The molecular formula is C20H24O11. The zero-order valence-corrected chi connectivity index (χ0v) is 16.3. The second kappa shape index (κ2) is 10.9. The monoisotopic (exact) mass is 440 g/mol. The quantitative estimate of drug-likeness (QED) is 0.165. The van der Waals surface area contributed by atoms with Crippen LogP contribution in [0.1, 0.15) is 12.0 Å². The predicted octanol–water partition coefficient (Wildman–Crippen LogP) is -1.06. The van der Waals surface area contributed by atoms with E-state index in [1.54, 1.807) is 0 Å². The van der Waals surface area contributed by atoms with E-state index in [4.69, 9.17) is 19.3 Å². The molecule has 0 bridgehead atoms. The highest BCUT2D eigenvalue weighted by Crippen LogP contribution is 2.26. The fourth-order valence-corrected chi connectivity index (χ4v) is 2.61. The second-order valence-corrected chi connectivity index (χ2v) is 6.71. The standard InChI is InChI=1S/C20H24O11/c1-10(6-7-21)19(28)29-9-14-16(25)17(26)18(27)20(30-14)31-15(24)5-3-11-2-4-12(22)13(23)8-11/h2-5,8,14,16-18,20-23,25-27H,1,6-7,9H2. The smallest absolute Gasteiger partial charge is 0.333 e. The third kappa shape index (κ3) is 6.51. The first-order valence-electron chi connectivity index (χ1n) is 9.20. The zero-order valence-electron chi connectivity index (χ0n) is 16.3. The lowest BCUT2D eigenvalue weighted by Crippen LogP contribution is -2.59. The van der Waals surface area contributed by atoms with E-state index in [-0.39, 0.29) is 24.4 Å². The number of rotatable bonds is 8. The van der Waals surface area contributed by atoms with Crippen molar-refractivity contribution in [1.82, 2.24) is 0 Å². The number of phenolic OH excluding ortho intramolecular Hbond substituents is 2. The summed E-state index contributed by atoms with van der Waals surface area (Å²) < 4.78 is 15.1. The van der Waals surface area contributed by atoms with Crippen molar-refractivity contribution in [3.05, 3.63) is 42.0 Å². The van der Waals surface area contributed by atoms with Gasteiger partial charge in [-0.15, -0.1) is 0 Å². The number of aliphatic hydroxyl groups is 4. The lowest BCUT2D eigenvalue weighted by molar-refractivity contribution is -0.291. The highest BCUT2D eigenvalue weighted by Gasteiger charge is 2.46. The molecule has 1 aromatic rings. The minimum atomic E-state index is -1.78. The number of hydrogen-bond donors (Lipinski definition) is 6. The summed E-state index contributed by atoms with van der Waals surface area (Å²) in [5.74, 6) is -2.55. The van der Waals surface area contributed by atoms with Crippen LogP contribution < -0.4 is 0 Å². The molecule has 1 aliphatic rings. The van der Waals surface area contributed by atoms with Gasteiger partial charge in [0.15, 0.2) is 11.5 Å². The fourth-order valence-electron chi connectivity index (χ4n) is 2.61. The molecule has 11 heteroatoms. The maximum Gasteiger partial charge on any atom is 0.333 e. The van der Waals surface area contributed by atoms with Crippen LogP contribution in [0.4, 0.5) is 0 Å². The summed E-state index contributed by atoms with van der Waals surface area (Å²) in [5, 5.41) is 57.5. The van der Waals surface area contributed by atoms with Crippen LogP contribution in [0.25, 0.3) is 6.08 Å². The van der Waals surface area contributed by atoms with E-state index in [0.717, 1.165) is 6.08 Å². The SMILES string of the molecule is C=C(CCO)C(=O)OCC1OC(OC(=O)C=Cc2ccc(O)c(O)c2)C(O)C(O)C1O. The maximum atomic E-state index is 12.0. The average molecular weight is 440 g/mol. The van der Waals surface area contributed by atoms with Crippen LogP contribution in [0.2, 0.25) is 0 Å². The number of carbonyl (C=O) groups is 2. The van der Waals surface area contributed by atoms with Crippen LogP contribution in [0.3, 0.4) is 0 Å². The molecule has 0 spiro atoms. The Morgan fingerprint density at radius 3 is 2.45 bits per heavy atom. The Balaban J connectivity index is 1.98. The molecule has 0 radical (unpaired) electrons. The molecule has 0 aliphatic carbocycles. The van der Waals surface area contributed by atoms with Gasteiger partial charge in [-0.25, -0.2) is 9.59 Å². The van der Waals surface area contributed by atoms with Crippen molar-refractivity contribution in [3.8, 4) is 11.5 Å². The molecule has 1 aromatic carbocycles. The Kier molecular flexibility index (Phi) is 8.54. The van der Waals surface area contributed by atoms with Gasteiger partial charge >= 0.3 is 11.9 Å². The Hall–Kier alpha value is -2.96. The van der Waals surface area contributed by atoms with E-state index in [1.165, 1.54) is 24.3 Å². The molecule has 0 amide bonds. The molecule has 5 atom stereocenters. The van der Waals surface area contributed by atoms with E-state index in [0.29, 0.717) is 5.56 Å². The zero-order chi connectivity index (χ0) is 23.1. The van der Waals surface area contributed by atoms with E-state index < -0.39 is 55.0 Å². The highest BCUT2D eigenvalue weighted by molar-refractivity contribution is 5.88. The minimum Gasteiger partial charge on any atom is -0.504 e. The molecule has 1 saturated heterocycles. The topological polar surface area (TPSA) is 183 Å². The lowest BCUT2D eigenvalue weighted by atomic mass is 9.99. The van der Waals surface area contributed by atoms with E-state index in [9.17, 15) is 35.1 Å². The van der Waals surface area contributed by atoms with Crippen LogP contribution in [0.5, 0.6) is 11.5 Å².